The van der Waals surface area contributed by atoms with E-state index in [1.807, 2.05) is 6.07 Å². The number of nitrogens with zero attached hydrogens (tertiary/aromatic N) is 2. The summed E-state index contributed by atoms with van der Waals surface area (Å²) in [5.41, 5.74) is 1.39. The number of hydrogen-bond acceptors (Lipinski definition) is 6. The van der Waals surface area contributed by atoms with Crippen LogP contribution in [0.15, 0.2) is 41.3 Å². The standard InChI is InChI=1S/C20H12Cl2N2O5S/c21-14-5-11(6-15(22)18(14)29-10-17(25)26)7-16-19(27)24(20(28)30-16)9-13-4-2-1-3-12(13)8-23/h1-7H,9-10H2,(H,25,26)/b16-7-. The second-order valence-electron chi connectivity index (χ2n) is 6.03. The molecule has 0 unspecified atom stereocenters. The first-order chi connectivity index (χ1) is 14.3. The molecule has 0 aromatic heterocycles. The number of carbonyl (C=O) groups excluding carboxylic acids is 2. The fraction of sp³-hybridized carbons (Fsp3) is 0.100. The van der Waals surface area contributed by atoms with Crippen molar-refractivity contribution in [1.29, 1.82) is 5.26 Å². The molecular weight excluding hydrogens is 451 g/mol. The fourth-order valence-corrected chi connectivity index (χ4v) is 4.11. The van der Waals surface area contributed by atoms with Crippen LogP contribution in [0.25, 0.3) is 6.08 Å². The Morgan fingerprint density at radius 1 is 1.23 bits per heavy atom. The number of benzene rings is 2. The van der Waals surface area contributed by atoms with Gasteiger partial charge in [-0.05, 0) is 47.2 Å². The molecule has 1 fully saturated rings. The number of ether oxygens (including phenoxy) is 1. The summed E-state index contributed by atoms with van der Waals surface area (Å²) in [4.78, 5) is 36.9. The molecule has 0 aliphatic carbocycles. The van der Waals surface area contributed by atoms with Crippen LogP contribution in [-0.2, 0) is 16.1 Å². The summed E-state index contributed by atoms with van der Waals surface area (Å²) in [5, 5.41) is 17.6. The molecule has 1 saturated heterocycles. The second kappa shape index (κ2) is 9.22. The number of amides is 2. The van der Waals surface area contributed by atoms with Crippen LogP contribution < -0.4 is 4.74 Å². The summed E-state index contributed by atoms with van der Waals surface area (Å²) in [5.74, 6) is -1.67. The Morgan fingerprint density at radius 2 is 1.90 bits per heavy atom. The van der Waals surface area contributed by atoms with Gasteiger partial charge >= 0.3 is 5.97 Å². The normalized spacial score (nSPS) is 14.8. The van der Waals surface area contributed by atoms with Gasteiger partial charge in [-0.2, -0.15) is 5.26 Å². The molecule has 0 saturated carbocycles. The van der Waals surface area contributed by atoms with E-state index < -0.39 is 23.7 Å². The number of carboxylic acid groups (broad SMARTS) is 1. The van der Waals surface area contributed by atoms with E-state index in [1.165, 1.54) is 18.2 Å². The molecular formula is C20H12Cl2N2O5S. The predicted octanol–water partition coefficient (Wildman–Crippen LogP) is 4.56. The first kappa shape index (κ1) is 21.7. The van der Waals surface area contributed by atoms with Crippen molar-refractivity contribution in [2.75, 3.05) is 6.61 Å². The van der Waals surface area contributed by atoms with Gasteiger partial charge < -0.3 is 9.84 Å². The topological polar surface area (TPSA) is 108 Å². The summed E-state index contributed by atoms with van der Waals surface area (Å²) in [6.45, 7) is -0.628. The van der Waals surface area contributed by atoms with Gasteiger partial charge in [0.25, 0.3) is 11.1 Å². The van der Waals surface area contributed by atoms with Crippen LogP contribution in [0.2, 0.25) is 10.0 Å². The van der Waals surface area contributed by atoms with Crippen LogP contribution >= 0.6 is 35.0 Å². The van der Waals surface area contributed by atoms with Crippen molar-refractivity contribution >= 4 is 58.2 Å². The lowest BCUT2D eigenvalue weighted by molar-refractivity contribution is -0.139. The monoisotopic (exact) mass is 462 g/mol. The Hall–Kier alpha value is -2.99. The molecule has 2 aromatic rings. The Labute approximate surface area is 185 Å². The van der Waals surface area contributed by atoms with Crippen LogP contribution in [0.1, 0.15) is 16.7 Å². The minimum absolute atomic E-state index is 0.0131. The summed E-state index contributed by atoms with van der Waals surface area (Å²) in [6, 6.07) is 11.7. The minimum Gasteiger partial charge on any atom is -0.479 e. The maximum absolute atomic E-state index is 12.7. The van der Waals surface area contributed by atoms with Crippen LogP contribution in [0.5, 0.6) is 5.75 Å². The predicted molar refractivity (Wildman–Crippen MR) is 112 cm³/mol. The van der Waals surface area contributed by atoms with E-state index >= 15 is 0 Å². The quantitative estimate of drug-likeness (QED) is 0.626. The van der Waals surface area contributed by atoms with Gasteiger partial charge in [0.1, 0.15) is 0 Å². The second-order valence-corrected chi connectivity index (χ2v) is 7.84. The van der Waals surface area contributed by atoms with E-state index in [0.717, 1.165) is 16.7 Å². The number of imide groups is 1. The summed E-state index contributed by atoms with van der Waals surface area (Å²) < 4.78 is 5.05. The Morgan fingerprint density at radius 3 is 2.53 bits per heavy atom. The Bertz CT molecular complexity index is 1100. The van der Waals surface area contributed by atoms with Crippen LogP contribution in [0, 0.1) is 11.3 Å². The molecule has 152 valence electrons. The van der Waals surface area contributed by atoms with E-state index in [1.54, 1.807) is 24.3 Å². The molecule has 2 amide bonds. The minimum atomic E-state index is -1.18. The van der Waals surface area contributed by atoms with Gasteiger partial charge in [-0.15, -0.1) is 0 Å². The zero-order chi connectivity index (χ0) is 21.8. The van der Waals surface area contributed by atoms with Gasteiger partial charge in [-0.1, -0.05) is 41.4 Å². The maximum Gasteiger partial charge on any atom is 0.341 e. The van der Waals surface area contributed by atoms with E-state index in [2.05, 4.69) is 0 Å². The van der Waals surface area contributed by atoms with E-state index in [0.29, 0.717) is 16.7 Å². The maximum atomic E-state index is 12.7. The lowest BCUT2D eigenvalue weighted by atomic mass is 10.1. The van der Waals surface area contributed by atoms with Crippen LogP contribution in [0.4, 0.5) is 4.79 Å². The molecule has 2 aromatic carbocycles. The molecule has 1 heterocycles. The number of aliphatic carboxylic acids is 1. The third-order valence-electron chi connectivity index (χ3n) is 4.00. The number of thioether (sulfide) groups is 1. The molecule has 7 nitrogen and oxygen atoms in total. The zero-order valence-electron chi connectivity index (χ0n) is 15.1. The van der Waals surface area contributed by atoms with Crippen molar-refractivity contribution in [2.45, 2.75) is 6.54 Å². The van der Waals surface area contributed by atoms with E-state index in [-0.39, 0.29) is 27.2 Å². The first-order valence-corrected chi connectivity index (χ1v) is 9.94. The average Bonchev–Trinajstić information content (AvgIpc) is 2.95. The number of nitriles is 1. The van der Waals surface area contributed by atoms with Crippen molar-refractivity contribution in [3.63, 3.8) is 0 Å². The van der Waals surface area contributed by atoms with E-state index in [4.69, 9.17) is 33.0 Å². The molecule has 0 bridgehead atoms. The third-order valence-corrected chi connectivity index (χ3v) is 5.47. The zero-order valence-corrected chi connectivity index (χ0v) is 17.4. The van der Waals surface area contributed by atoms with Gasteiger partial charge in [0.05, 0.1) is 33.1 Å². The molecule has 0 atom stereocenters. The van der Waals surface area contributed by atoms with Crippen molar-refractivity contribution in [3.05, 3.63) is 68.0 Å². The molecule has 0 spiro atoms. The highest BCUT2D eigenvalue weighted by Crippen LogP contribution is 2.37. The molecule has 1 aliphatic rings. The Kier molecular flexibility index (Phi) is 6.67. The van der Waals surface area contributed by atoms with Crippen molar-refractivity contribution in [1.82, 2.24) is 4.90 Å². The van der Waals surface area contributed by atoms with Gasteiger partial charge in [0.2, 0.25) is 0 Å². The smallest absolute Gasteiger partial charge is 0.341 e. The van der Waals surface area contributed by atoms with Crippen LogP contribution in [0.3, 0.4) is 0 Å². The largest absolute Gasteiger partial charge is 0.479 e. The van der Waals surface area contributed by atoms with Crippen LogP contribution in [-0.4, -0.2) is 33.7 Å². The average molecular weight is 463 g/mol. The number of halogens is 2. The lowest BCUT2D eigenvalue weighted by Crippen LogP contribution is -2.27. The summed E-state index contributed by atoms with van der Waals surface area (Å²) in [6.07, 6.45) is 1.46. The highest BCUT2D eigenvalue weighted by atomic mass is 35.5. The van der Waals surface area contributed by atoms with Crippen molar-refractivity contribution < 1.29 is 24.2 Å². The SMILES string of the molecule is N#Cc1ccccc1CN1C(=O)S/C(=C\c2cc(Cl)c(OCC(=O)O)c(Cl)c2)C1=O. The van der Waals surface area contributed by atoms with Gasteiger partial charge in [0.15, 0.2) is 12.4 Å². The molecule has 10 heteroatoms. The highest BCUT2D eigenvalue weighted by molar-refractivity contribution is 8.18. The number of rotatable bonds is 6. The van der Waals surface area contributed by atoms with Gasteiger partial charge in [-0.25, -0.2) is 4.79 Å². The number of hydrogen-bond donors (Lipinski definition) is 1. The lowest BCUT2D eigenvalue weighted by Gasteiger charge is -2.13. The molecule has 1 aliphatic heterocycles. The number of carboxylic acids is 1. The summed E-state index contributed by atoms with van der Waals surface area (Å²) in [7, 11) is 0. The van der Waals surface area contributed by atoms with Crippen molar-refractivity contribution in [3.8, 4) is 11.8 Å². The molecule has 3 rings (SSSR count). The van der Waals surface area contributed by atoms with E-state index in [9.17, 15) is 19.6 Å². The molecule has 0 radical (unpaired) electrons. The Balaban J connectivity index is 1.83. The van der Waals surface area contributed by atoms with Gasteiger partial charge in [-0.3, -0.25) is 14.5 Å². The highest BCUT2D eigenvalue weighted by Gasteiger charge is 2.35. The first-order valence-electron chi connectivity index (χ1n) is 8.37. The number of carbonyl (C=O) groups is 3. The fourth-order valence-electron chi connectivity index (χ4n) is 2.66. The summed E-state index contributed by atoms with van der Waals surface area (Å²) >= 11 is 13.0. The molecule has 1 N–H and O–H groups in total. The molecule has 30 heavy (non-hydrogen) atoms. The third kappa shape index (κ3) is 4.76. The van der Waals surface area contributed by atoms with Crippen molar-refractivity contribution in [2.24, 2.45) is 0 Å². The van der Waals surface area contributed by atoms with Gasteiger partial charge in [0, 0.05) is 0 Å².